The monoisotopic (exact) mass is 287 g/mol. The molecule has 0 unspecified atom stereocenters. The first-order chi connectivity index (χ1) is 10.2. The molecule has 0 aromatic carbocycles. The van der Waals surface area contributed by atoms with Crippen molar-refractivity contribution in [2.45, 2.75) is 6.54 Å². The van der Waals surface area contributed by atoms with Crippen LogP contribution in [0.4, 0.5) is 5.82 Å². The fraction of sp³-hybridized carbons (Fsp3) is 0.333. The van der Waals surface area contributed by atoms with E-state index < -0.39 is 5.97 Å². The van der Waals surface area contributed by atoms with E-state index in [1.807, 2.05) is 18.2 Å². The largest absolute Gasteiger partial charge is 0.475 e. The second kappa shape index (κ2) is 5.97. The van der Waals surface area contributed by atoms with Gasteiger partial charge in [0, 0.05) is 32.4 Å². The van der Waals surface area contributed by atoms with Gasteiger partial charge in [0.2, 0.25) is 5.76 Å². The molecule has 0 atom stereocenters. The number of aromatic nitrogens is 1. The van der Waals surface area contributed by atoms with E-state index in [-0.39, 0.29) is 5.76 Å². The molecular weight excluding hydrogens is 270 g/mol. The molecule has 21 heavy (non-hydrogen) atoms. The zero-order valence-electron chi connectivity index (χ0n) is 11.6. The zero-order valence-corrected chi connectivity index (χ0v) is 11.6. The molecule has 110 valence electrons. The van der Waals surface area contributed by atoms with E-state index in [1.165, 1.54) is 6.07 Å². The van der Waals surface area contributed by atoms with Gasteiger partial charge in [0.05, 0.1) is 6.54 Å². The minimum atomic E-state index is -1.03. The number of rotatable bonds is 4. The highest BCUT2D eigenvalue weighted by Crippen LogP contribution is 2.15. The molecule has 2 aromatic rings. The van der Waals surface area contributed by atoms with Crippen LogP contribution in [0.5, 0.6) is 0 Å². The Kier molecular flexibility index (Phi) is 3.87. The number of carboxylic acid groups (broad SMARTS) is 1. The third kappa shape index (κ3) is 3.22. The van der Waals surface area contributed by atoms with Gasteiger partial charge in [0.25, 0.3) is 0 Å². The summed E-state index contributed by atoms with van der Waals surface area (Å²) in [5, 5.41) is 8.84. The summed E-state index contributed by atoms with van der Waals surface area (Å²) >= 11 is 0. The highest BCUT2D eigenvalue weighted by molar-refractivity contribution is 5.84. The summed E-state index contributed by atoms with van der Waals surface area (Å²) in [5.74, 6) is 0.667. The topological polar surface area (TPSA) is 69.8 Å². The quantitative estimate of drug-likeness (QED) is 0.923. The Morgan fingerprint density at radius 2 is 2.00 bits per heavy atom. The zero-order chi connectivity index (χ0) is 14.7. The summed E-state index contributed by atoms with van der Waals surface area (Å²) in [6, 6.07) is 9.15. The SMILES string of the molecule is O=C(O)c1ccc(CN2CCN(c3ccccn3)CC2)o1. The van der Waals surface area contributed by atoms with E-state index in [4.69, 9.17) is 9.52 Å². The molecule has 0 saturated carbocycles. The second-order valence-corrected chi connectivity index (χ2v) is 5.02. The summed E-state index contributed by atoms with van der Waals surface area (Å²) < 4.78 is 5.29. The maximum Gasteiger partial charge on any atom is 0.371 e. The predicted octanol–water partition coefficient (Wildman–Crippen LogP) is 1.70. The molecule has 1 N–H and O–H groups in total. The van der Waals surface area contributed by atoms with Crippen LogP contribution in [0.1, 0.15) is 16.3 Å². The van der Waals surface area contributed by atoms with Crippen LogP contribution in [-0.4, -0.2) is 47.1 Å². The summed E-state index contributed by atoms with van der Waals surface area (Å²) in [7, 11) is 0. The molecule has 1 saturated heterocycles. The standard InChI is InChI=1S/C15H17N3O3/c19-15(20)13-5-4-12(21-13)11-17-7-9-18(10-8-17)14-3-1-2-6-16-14/h1-6H,7-11H2,(H,19,20). The Hall–Kier alpha value is -2.34. The summed E-state index contributed by atoms with van der Waals surface area (Å²) in [6.07, 6.45) is 1.80. The fourth-order valence-electron chi connectivity index (χ4n) is 2.47. The summed E-state index contributed by atoms with van der Waals surface area (Å²) in [4.78, 5) is 19.6. The van der Waals surface area contributed by atoms with Gasteiger partial charge in [-0.1, -0.05) is 6.07 Å². The maximum absolute atomic E-state index is 10.8. The molecule has 1 aliphatic heterocycles. The Morgan fingerprint density at radius 1 is 1.19 bits per heavy atom. The van der Waals surface area contributed by atoms with Crippen LogP contribution in [0.15, 0.2) is 40.9 Å². The number of piperazine rings is 1. The molecule has 0 radical (unpaired) electrons. The molecule has 6 heteroatoms. The number of carboxylic acids is 1. The predicted molar refractivity (Wildman–Crippen MR) is 77.4 cm³/mol. The Labute approximate surface area is 122 Å². The molecule has 1 fully saturated rings. The van der Waals surface area contributed by atoms with Gasteiger partial charge in [-0.05, 0) is 24.3 Å². The second-order valence-electron chi connectivity index (χ2n) is 5.02. The molecular formula is C15H17N3O3. The minimum absolute atomic E-state index is 0.00267. The van der Waals surface area contributed by atoms with Crippen LogP contribution in [0, 0.1) is 0 Å². The maximum atomic E-state index is 10.8. The van der Waals surface area contributed by atoms with Crippen LogP contribution < -0.4 is 4.90 Å². The normalized spacial score (nSPS) is 16.1. The van der Waals surface area contributed by atoms with Crippen LogP contribution in [0.3, 0.4) is 0 Å². The lowest BCUT2D eigenvalue weighted by Crippen LogP contribution is -2.46. The fourth-order valence-corrected chi connectivity index (χ4v) is 2.47. The molecule has 2 aromatic heterocycles. The number of aromatic carboxylic acids is 1. The van der Waals surface area contributed by atoms with Gasteiger partial charge in [-0.15, -0.1) is 0 Å². The van der Waals surface area contributed by atoms with Gasteiger partial charge in [-0.2, -0.15) is 0 Å². The number of hydrogen-bond donors (Lipinski definition) is 1. The van der Waals surface area contributed by atoms with Crippen LogP contribution in [-0.2, 0) is 6.54 Å². The molecule has 0 aliphatic carbocycles. The van der Waals surface area contributed by atoms with E-state index in [0.717, 1.165) is 32.0 Å². The van der Waals surface area contributed by atoms with Gasteiger partial charge in [0.1, 0.15) is 11.6 Å². The first kappa shape index (κ1) is 13.6. The number of anilines is 1. The van der Waals surface area contributed by atoms with Crippen molar-refractivity contribution in [1.82, 2.24) is 9.88 Å². The summed E-state index contributed by atoms with van der Waals surface area (Å²) in [5.41, 5.74) is 0. The third-order valence-corrected chi connectivity index (χ3v) is 3.60. The molecule has 0 amide bonds. The lowest BCUT2D eigenvalue weighted by Gasteiger charge is -2.34. The minimum Gasteiger partial charge on any atom is -0.475 e. The first-order valence-electron chi connectivity index (χ1n) is 6.93. The molecule has 6 nitrogen and oxygen atoms in total. The third-order valence-electron chi connectivity index (χ3n) is 3.60. The van der Waals surface area contributed by atoms with Crippen molar-refractivity contribution in [3.8, 4) is 0 Å². The first-order valence-corrected chi connectivity index (χ1v) is 6.93. The van der Waals surface area contributed by atoms with E-state index in [1.54, 1.807) is 12.3 Å². The van der Waals surface area contributed by atoms with E-state index in [0.29, 0.717) is 12.3 Å². The number of pyridine rings is 1. The lowest BCUT2D eigenvalue weighted by atomic mass is 10.3. The lowest BCUT2D eigenvalue weighted by molar-refractivity contribution is 0.0658. The van der Waals surface area contributed by atoms with Crippen LogP contribution >= 0.6 is 0 Å². The highest BCUT2D eigenvalue weighted by Gasteiger charge is 2.19. The summed E-state index contributed by atoms with van der Waals surface area (Å²) in [6.45, 7) is 4.26. The number of carbonyl (C=O) groups is 1. The Bertz CT molecular complexity index is 604. The van der Waals surface area contributed by atoms with E-state index in [2.05, 4.69) is 14.8 Å². The van der Waals surface area contributed by atoms with Crippen molar-refractivity contribution >= 4 is 11.8 Å². The van der Waals surface area contributed by atoms with E-state index in [9.17, 15) is 4.79 Å². The van der Waals surface area contributed by atoms with Gasteiger partial charge in [-0.3, -0.25) is 4.90 Å². The molecule has 3 rings (SSSR count). The van der Waals surface area contributed by atoms with Crippen molar-refractivity contribution in [2.75, 3.05) is 31.1 Å². The average molecular weight is 287 g/mol. The van der Waals surface area contributed by atoms with Crippen molar-refractivity contribution < 1.29 is 14.3 Å². The number of hydrogen-bond acceptors (Lipinski definition) is 5. The van der Waals surface area contributed by atoms with Crippen LogP contribution in [0.25, 0.3) is 0 Å². The molecule has 1 aliphatic rings. The number of furan rings is 1. The highest BCUT2D eigenvalue weighted by atomic mass is 16.4. The van der Waals surface area contributed by atoms with E-state index >= 15 is 0 Å². The number of nitrogens with zero attached hydrogens (tertiary/aromatic N) is 3. The van der Waals surface area contributed by atoms with Crippen molar-refractivity contribution in [1.29, 1.82) is 0 Å². The van der Waals surface area contributed by atoms with Gasteiger partial charge in [-0.25, -0.2) is 9.78 Å². The Morgan fingerprint density at radius 3 is 2.62 bits per heavy atom. The van der Waals surface area contributed by atoms with Crippen molar-refractivity contribution in [2.24, 2.45) is 0 Å². The Balaban J connectivity index is 1.55. The average Bonchev–Trinajstić information content (AvgIpc) is 2.98. The smallest absolute Gasteiger partial charge is 0.371 e. The molecule has 0 spiro atoms. The van der Waals surface area contributed by atoms with Crippen molar-refractivity contribution in [3.63, 3.8) is 0 Å². The van der Waals surface area contributed by atoms with Gasteiger partial charge < -0.3 is 14.4 Å². The van der Waals surface area contributed by atoms with Crippen LogP contribution in [0.2, 0.25) is 0 Å². The van der Waals surface area contributed by atoms with Crippen molar-refractivity contribution in [3.05, 3.63) is 48.0 Å². The molecule has 0 bridgehead atoms. The van der Waals surface area contributed by atoms with Gasteiger partial charge in [0.15, 0.2) is 0 Å². The molecule has 3 heterocycles. The van der Waals surface area contributed by atoms with Gasteiger partial charge >= 0.3 is 5.97 Å².